The van der Waals surface area contributed by atoms with E-state index in [1.807, 2.05) is 0 Å². The second-order valence-corrected chi connectivity index (χ2v) is 13.6. The van der Waals surface area contributed by atoms with Crippen LogP contribution in [0.4, 0.5) is 0 Å². The Bertz CT molecular complexity index is 1510. The molecule has 6 nitrogen and oxygen atoms in total. The lowest BCUT2D eigenvalue weighted by atomic mass is 9.92. The molecule has 0 saturated carbocycles. The van der Waals surface area contributed by atoms with Gasteiger partial charge in [0.2, 0.25) is 15.7 Å². The number of para-hydroxylation sites is 2. The van der Waals surface area contributed by atoms with E-state index in [1.54, 1.807) is 6.07 Å². The summed E-state index contributed by atoms with van der Waals surface area (Å²) in [4.78, 5) is 4.46. The largest absolute Gasteiger partial charge is 0.473 e. The SMILES string of the molecule is C=CS(=O)(=O)c1ccc(Oc2n(-c3c(C(C)C)cccc3C(C)C)cc[n+]2-c2c(C(C)C)cccc2C(C)C)nc1. The Kier molecular flexibility index (Phi) is 8.88. The number of pyridine rings is 1. The van der Waals surface area contributed by atoms with Crippen LogP contribution in [0.15, 0.2) is 84.0 Å². The number of benzene rings is 2. The van der Waals surface area contributed by atoms with E-state index in [4.69, 9.17) is 4.74 Å². The highest BCUT2D eigenvalue weighted by atomic mass is 32.2. The van der Waals surface area contributed by atoms with E-state index < -0.39 is 9.84 Å². The van der Waals surface area contributed by atoms with Gasteiger partial charge in [0.05, 0.1) is 4.90 Å². The lowest BCUT2D eigenvalue weighted by molar-refractivity contribution is -0.602. The van der Waals surface area contributed by atoms with Gasteiger partial charge in [-0.05, 0) is 29.7 Å². The van der Waals surface area contributed by atoms with E-state index in [0.717, 1.165) is 16.8 Å². The van der Waals surface area contributed by atoms with Crippen molar-refractivity contribution in [3.63, 3.8) is 0 Å². The van der Waals surface area contributed by atoms with Gasteiger partial charge in [-0.15, -0.1) is 0 Å². The highest BCUT2D eigenvalue weighted by Gasteiger charge is 2.32. The van der Waals surface area contributed by atoms with Crippen LogP contribution >= 0.6 is 0 Å². The van der Waals surface area contributed by atoms with Crippen LogP contribution in [0.2, 0.25) is 0 Å². The second-order valence-electron chi connectivity index (χ2n) is 11.7. The van der Waals surface area contributed by atoms with E-state index in [9.17, 15) is 8.42 Å². The van der Waals surface area contributed by atoms with Crippen LogP contribution in [0.5, 0.6) is 11.9 Å². The molecule has 0 fully saturated rings. The first-order valence-corrected chi connectivity index (χ1v) is 15.8. The Balaban J connectivity index is 2.05. The number of hydrogen-bond donors (Lipinski definition) is 0. The third-order valence-corrected chi connectivity index (χ3v) is 8.73. The van der Waals surface area contributed by atoms with E-state index in [0.29, 0.717) is 11.9 Å². The van der Waals surface area contributed by atoms with Crippen LogP contribution in [-0.2, 0) is 9.84 Å². The summed E-state index contributed by atoms with van der Waals surface area (Å²) >= 11 is 0. The number of rotatable bonds is 10. The topological polar surface area (TPSA) is 65.1 Å². The van der Waals surface area contributed by atoms with Gasteiger partial charge in [0.25, 0.3) is 0 Å². The molecule has 0 bridgehead atoms. The summed E-state index contributed by atoms with van der Waals surface area (Å²) in [6.07, 6.45) is 5.42. The van der Waals surface area contributed by atoms with Crippen LogP contribution < -0.4 is 9.30 Å². The number of imidazole rings is 1. The van der Waals surface area contributed by atoms with Gasteiger partial charge in [-0.3, -0.25) is 0 Å². The minimum Gasteiger partial charge on any atom is -0.372 e. The van der Waals surface area contributed by atoms with Crippen molar-refractivity contribution in [3.05, 3.63) is 101 Å². The van der Waals surface area contributed by atoms with Crippen LogP contribution in [0.25, 0.3) is 11.4 Å². The minimum absolute atomic E-state index is 0.0719. The Morgan fingerprint density at radius 3 is 1.76 bits per heavy atom. The third kappa shape index (κ3) is 6.01. The maximum Gasteiger partial charge on any atom is 0.473 e. The molecule has 0 saturated heterocycles. The summed E-state index contributed by atoms with van der Waals surface area (Å²) in [6, 6.07) is 16.6. The summed E-state index contributed by atoms with van der Waals surface area (Å²) in [5.41, 5.74) is 7.03. The van der Waals surface area contributed by atoms with E-state index in [2.05, 4.69) is 125 Å². The van der Waals surface area contributed by atoms with Gasteiger partial charge in [-0.25, -0.2) is 13.4 Å². The summed E-state index contributed by atoms with van der Waals surface area (Å²) in [7, 11) is -3.60. The smallest absolute Gasteiger partial charge is 0.372 e. The molecule has 41 heavy (non-hydrogen) atoms. The first kappa shape index (κ1) is 30.3. The second kappa shape index (κ2) is 12.0. The zero-order valence-corrected chi connectivity index (χ0v) is 26.2. The molecule has 7 heteroatoms. The maximum absolute atomic E-state index is 12.3. The summed E-state index contributed by atoms with van der Waals surface area (Å²) in [5.74, 6) is 1.42. The Morgan fingerprint density at radius 1 is 0.805 bits per heavy atom. The highest BCUT2D eigenvalue weighted by Crippen LogP contribution is 2.36. The van der Waals surface area contributed by atoms with Gasteiger partial charge in [0.15, 0.2) is 0 Å². The van der Waals surface area contributed by atoms with Crippen molar-refractivity contribution in [2.75, 3.05) is 0 Å². The first-order valence-electron chi connectivity index (χ1n) is 14.3. The van der Waals surface area contributed by atoms with Crippen molar-refractivity contribution >= 4 is 9.84 Å². The quantitative estimate of drug-likeness (QED) is 0.179. The molecule has 0 aliphatic heterocycles. The molecular weight excluding hydrogens is 530 g/mol. The van der Waals surface area contributed by atoms with E-state index in [1.165, 1.54) is 34.5 Å². The number of hydrogen-bond acceptors (Lipinski definition) is 4. The number of ether oxygens (including phenoxy) is 1. The van der Waals surface area contributed by atoms with Crippen molar-refractivity contribution < 1.29 is 17.7 Å². The predicted molar refractivity (Wildman–Crippen MR) is 165 cm³/mol. The van der Waals surface area contributed by atoms with Crippen LogP contribution in [0.3, 0.4) is 0 Å². The lowest BCUT2D eigenvalue weighted by Gasteiger charge is -2.19. The molecule has 0 unspecified atom stereocenters. The Hall–Kier alpha value is -3.71. The van der Waals surface area contributed by atoms with Gasteiger partial charge in [0.1, 0.15) is 23.8 Å². The highest BCUT2D eigenvalue weighted by molar-refractivity contribution is 7.94. The van der Waals surface area contributed by atoms with Crippen LogP contribution in [0.1, 0.15) is 101 Å². The minimum atomic E-state index is -3.60. The van der Waals surface area contributed by atoms with Gasteiger partial charge in [0, 0.05) is 39.9 Å². The summed E-state index contributed by atoms with van der Waals surface area (Å²) in [6.45, 7) is 21.0. The molecule has 2 aromatic heterocycles. The molecule has 0 atom stereocenters. The number of nitrogens with zero attached hydrogens (tertiary/aromatic N) is 3. The van der Waals surface area contributed by atoms with Crippen LogP contribution in [-0.4, -0.2) is 18.0 Å². The fourth-order valence-electron chi connectivity index (χ4n) is 5.18. The lowest BCUT2D eigenvalue weighted by Crippen LogP contribution is -2.34. The molecule has 4 rings (SSSR count). The van der Waals surface area contributed by atoms with E-state index >= 15 is 0 Å². The number of sulfone groups is 1. The zero-order chi connectivity index (χ0) is 30.1. The molecule has 4 aromatic rings. The van der Waals surface area contributed by atoms with Crippen molar-refractivity contribution in [1.82, 2.24) is 9.55 Å². The number of aromatic nitrogens is 3. The molecule has 0 aliphatic rings. The van der Waals surface area contributed by atoms with Gasteiger partial charge in [-0.1, -0.05) is 98.4 Å². The van der Waals surface area contributed by atoms with Crippen molar-refractivity contribution in [2.24, 2.45) is 0 Å². The van der Waals surface area contributed by atoms with Crippen molar-refractivity contribution in [3.8, 4) is 23.3 Å². The molecule has 0 N–H and O–H groups in total. The Labute approximate surface area is 245 Å². The fraction of sp³-hybridized carbons (Fsp3) is 0.353. The standard InChI is InChI=1S/C34H42N3O3S/c1-10-41(38,39)26-17-18-31(35-21-26)40-34-36(32-27(22(2)3)13-11-14-28(32)23(4)5)19-20-37(34)33-29(24(6)7)15-12-16-30(33)25(8)9/h10-25H,1H2,2-9H3/q+1. The van der Waals surface area contributed by atoms with Gasteiger partial charge >= 0.3 is 6.01 Å². The molecule has 2 aromatic carbocycles. The molecule has 0 amide bonds. The monoisotopic (exact) mass is 572 g/mol. The average Bonchev–Trinajstić information content (AvgIpc) is 3.34. The van der Waals surface area contributed by atoms with E-state index in [-0.39, 0.29) is 28.6 Å². The molecule has 216 valence electrons. The normalized spacial score (nSPS) is 12.1. The molecule has 0 aliphatic carbocycles. The third-order valence-electron chi connectivity index (χ3n) is 7.40. The molecule has 2 heterocycles. The summed E-state index contributed by atoms with van der Waals surface area (Å²) < 4.78 is 35.5. The molecular formula is C34H42N3O3S+. The average molecular weight is 573 g/mol. The van der Waals surface area contributed by atoms with Gasteiger partial charge < -0.3 is 4.74 Å². The van der Waals surface area contributed by atoms with Crippen LogP contribution in [0, 0.1) is 0 Å². The predicted octanol–water partition coefficient (Wildman–Crippen LogP) is 8.35. The zero-order valence-electron chi connectivity index (χ0n) is 25.4. The van der Waals surface area contributed by atoms with Gasteiger partial charge in [-0.2, -0.15) is 9.13 Å². The van der Waals surface area contributed by atoms with Crippen molar-refractivity contribution in [1.29, 1.82) is 0 Å². The fourth-order valence-corrected chi connectivity index (χ4v) is 5.83. The molecule has 0 spiro atoms. The first-order chi connectivity index (χ1) is 19.4. The summed E-state index contributed by atoms with van der Waals surface area (Å²) in [5, 5.41) is 0.927. The maximum atomic E-state index is 12.3. The Morgan fingerprint density at radius 2 is 1.32 bits per heavy atom. The van der Waals surface area contributed by atoms with Crippen molar-refractivity contribution in [2.45, 2.75) is 84.0 Å². The molecule has 0 radical (unpaired) electrons.